The van der Waals surface area contributed by atoms with Gasteiger partial charge in [0.2, 0.25) is 0 Å². The molecule has 0 saturated carbocycles. The van der Waals surface area contributed by atoms with Crippen molar-refractivity contribution in [2.24, 2.45) is 11.8 Å². The van der Waals surface area contributed by atoms with Gasteiger partial charge in [-0.25, -0.2) is 4.98 Å². The van der Waals surface area contributed by atoms with Crippen molar-refractivity contribution in [3.63, 3.8) is 0 Å². The number of carbonyl (C=O) groups is 1. The zero-order valence-corrected chi connectivity index (χ0v) is 13.0. The quantitative estimate of drug-likeness (QED) is 0.893. The smallest absolute Gasteiger partial charge is 0.289 e. The Balaban J connectivity index is 1.83. The molecule has 112 valence electrons. The lowest BCUT2D eigenvalue weighted by Gasteiger charge is -2.21. The molecule has 0 unspecified atom stereocenters. The fraction of sp³-hybridized carbons (Fsp3) is 0.733. The van der Waals surface area contributed by atoms with E-state index in [1.807, 2.05) is 14.0 Å². The molecule has 0 aromatic carbocycles. The van der Waals surface area contributed by atoms with Crippen LogP contribution in [0.15, 0.2) is 6.20 Å². The molecular formula is C15H26N4O. The Kier molecular flexibility index (Phi) is 4.81. The lowest BCUT2D eigenvalue weighted by Crippen LogP contribution is -2.34. The molecule has 1 N–H and O–H groups in total. The Bertz CT molecular complexity index is 454. The summed E-state index contributed by atoms with van der Waals surface area (Å²) < 4.78 is 0. The number of hydrogen-bond donors (Lipinski definition) is 1. The minimum absolute atomic E-state index is 0.0135. The average molecular weight is 278 g/mol. The van der Waals surface area contributed by atoms with E-state index in [4.69, 9.17) is 0 Å². The van der Waals surface area contributed by atoms with E-state index in [-0.39, 0.29) is 5.91 Å². The van der Waals surface area contributed by atoms with Gasteiger partial charge >= 0.3 is 0 Å². The summed E-state index contributed by atoms with van der Waals surface area (Å²) in [6.45, 7) is 10.6. The summed E-state index contributed by atoms with van der Waals surface area (Å²) in [6, 6.07) is 0. The second-order valence-corrected chi connectivity index (χ2v) is 6.41. The second kappa shape index (κ2) is 6.39. The van der Waals surface area contributed by atoms with E-state index < -0.39 is 0 Å². The number of likely N-dealkylation sites (tertiary alicyclic amines) is 1. The molecule has 1 fully saturated rings. The van der Waals surface area contributed by atoms with Gasteiger partial charge < -0.3 is 14.8 Å². The summed E-state index contributed by atoms with van der Waals surface area (Å²) in [5.41, 5.74) is 0.922. The number of aromatic amines is 1. The van der Waals surface area contributed by atoms with Crippen LogP contribution in [0, 0.1) is 18.8 Å². The lowest BCUT2D eigenvalue weighted by molar-refractivity contribution is 0.0762. The van der Waals surface area contributed by atoms with Crippen LogP contribution in [0.2, 0.25) is 0 Å². The van der Waals surface area contributed by atoms with Gasteiger partial charge in [-0.2, -0.15) is 0 Å². The van der Waals surface area contributed by atoms with Crippen molar-refractivity contribution in [3.05, 3.63) is 17.7 Å². The molecule has 1 aromatic heterocycles. The summed E-state index contributed by atoms with van der Waals surface area (Å²) in [5, 5.41) is 0. The number of aromatic nitrogens is 2. The molecule has 1 aliphatic heterocycles. The third-order valence-electron chi connectivity index (χ3n) is 3.78. The van der Waals surface area contributed by atoms with Crippen molar-refractivity contribution in [1.29, 1.82) is 0 Å². The normalized spacial score (nSPS) is 19.8. The largest absolute Gasteiger partial charge is 0.339 e. The van der Waals surface area contributed by atoms with E-state index in [0.29, 0.717) is 17.7 Å². The molecule has 1 aliphatic rings. The molecule has 2 heterocycles. The van der Waals surface area contributed by atoms with Crippen molar-refractivity contribution in [3.8, 4) is 0 Å². The maximum absolute atomic E-state index is 12.2. The number of imidazole rings is 1. The van der Waals surface area contributed by atoms with Gasteiger partial charge in [-0.15, -0.1) is 0 Å². The van der Waals surface area contributed by atoms with E-state index in [0.717, 1.165) is 31.9 Å². The third kappa shape index (κ3) is 3.82. The first-order valence-electron chi connectivity index (χ1n) is 7.45. The average Bonchev–Trinajstić information content (AvgIpc) is 2.97. The highest BCUT2D eigenvalue weighted by Gasteiger charge is 2.26. The van der Waals surface area contributed by atoms with Crippen molar-refractivity contribution in [2.75, 3.05) is 33.2 Å². The van der Waals surface area contributed by atoms with Gasteiger partial charge in [0.1, 0.15) is 0 Å². The summed E-state index contributed by atoms with van der Waals surface area (Å²) in [6.07, 6.45) is 2.88. The molecule has 1 atom stereocenters. The van der Waals surface area contributed by atoms with Crippen LogP contribution in [-0.4, -0.2) is 58.9 Å². The first kappa shape index (κ1) is 15.0. The Morgan fingerprint density at radius 2 is 2.35 bits per heavy atom. The first-order valence-corrected chi connectivity index (χ1v) is 7.45. The minimum atomic E-state index is -0.0135. The molecule has 1 amide bonds. The zero-order chi connectivity index (χ0) is 14.7. The van der Waals surface area contributed by atoms with Gasteiger partial charge in [-0.3, -0.25) is 4.79 Å². The Labute approximate surface area is 121 Å². The Morgan fingerprint density at radius 3 is 2.95 bits per heavy atom. The van der Waals surface area contributed by atoms with Crippen molar-refractivity contribution in [1.82, 2.24) is 19.8 Å². The van der Waals surface area contributed by atoms with E-state index in [2.05, 4.69) is 28.7 Å². The molecule has 5 heteroatoms. The van der Waals surface area contributed by atoms with Gasteiger partial charge in [-0.1, -0.05) is 13.8 Å². The van der Waals surface area contributed by atoms with Crippen LogP contribution in [-0.2, 0) is 0 Å². The Hall–Kier alpha value is -1.36. The highest BCUT2D eigenvalue weighted by atomic mass is 16.2. The second-order valence-electron chi connectivity index (χ2n) is 6.41. The van der Waals surface area contributed by atoms with E-state index in [1.165, 1.54) is 6.42 Å². The zero-order valence-electron chi connectivity index (χ0n) is 13.0. The number of amides is 1. The molecule has 0 bridgehead atoms. The van der Waals surface area contributed by atoms with Crippen molar-refractivity contribution < 1.29 is 4.79 Å². The summed E-state index contributed by atoms with van der Waals surface area (Å²) >= 11 is 0. The van der Waals surface area contributed by atoms with Gasteiger partial charge in [0.15, 0.2) is 5.82 Å². The van der Waals surface area contributed by atoms with Crippen LogP contribution >= 0.6 is 0 Å². The third-order valence-corrected chi connectivity index (χ3v) is 3.78. The molecule has 0 radical (unpaired) electrons. The van der Waals surface area contributed by atoms with Gasteiger partial charge in [0.05, 0.1) is 0 Å². The highest BCUT2D eigenvalue weighted by molar-refractivity contribution is 5.90. The number of rotatable bonds is 5. The van der Waals surface area contributed by atoms with Crippen molar-refractivity contribution >= 4 is 5.91 Å². The predicted molar refractivity (Wildman–Crippen MR) is 79.7 cm³/mol. The van der Waals surface area contributed by atoms with Crippen LogP contribution in [0.5, 0.6) is 0 Å². The molecule has 1 saturated heterocycles. The van der Waals surface area contributed by atoms with Crippen molar-refractivity contribution in [2.45, 2.75) is 27.2 Å². The highest BCUT2D eigenvalue weighted by Crippen LogP contribution is 2.18. The number of hydrogen-bond acceptors (Lipinski definition) is 3. The number of H-pyrrole nitrogens is 1. The van der Waals surface area contributed by atoms with Crippen LogP contribution in [0.3, 0.4) is 0 Å². The minimum Gasteiger partial charge on any atom is -0.339 e. The summed E-state index contributed by atoms with van der Waals surface area (Å²) in [5.74, 6) is 1.72. The maximum atomic E-state index is 12.2. The molecule has 5 nitrogen and oxygen atoms in total. The number of aryl methyl sites for hydroxylation is 1. The molecular weight excluding hydrogens is 252 g/mol. The molecule has 0 spiro atoms. The fourth-order valence-corrected chi connectivity index (χ4v) is 2.92. The van der Waals surface area contributed by atoms with E-state index >= 15 is 0 Å². The number of nitrogens with zero attached hydrogens (tertiary/aromatic N) is 3. The summed E-state index contributed by atoms with van der Waals surface area (Å²) in [4.78, 5) is 23.6. The van der Waals surface area contributed by atoms with Gasteiger partial charge in [0, 0.05) is 38.6 Å². The van der Waals surface area contributed by atoms with Crippen LogP contribution in [0.1, 0.15) is 36.6 Å². The number of carbonyl (C=O) groups excluding carboxylic acids is 1. The Morgan fingerprint density at radius 1 is 1.60 bits per heavy atom. The lowest BCUT2D eigenvalue weighted by atomic mass is 10.1. The predicted octanol–water partition coefficient (Wildman–Crippen LogP) is 1.77. The monoisotopic (exact) mass is 278 g/mol. The molecule has 20 heavy (non-hydrogen) atoms. The SMILES string of the molecule is Cc1cnc(C(=O)N(C)C[C@@H]2CCN(CC(C)C)C2)[nH]1. The molecule has 1 aromatic rings. The topological polar surface area (TPSA) is 52.2 Å². The maximum Gasteiger partial charge on any atom is 0.289 e. The van der Waals surface area contributed by atoms with Crippen LogP contribution in [0.25, 0.3) is 0 Å². The van der Waals surface area contributed by atoms with E-state index in [9.17, 15) is 4.79 Å². The van der Waals surface area contributed by atoms with Gasteiger partial charge in [-0.05, 0) is 31.7 Å². The fourth-order valence-electron chi connectivity index (χ4n) is 2.92. The first-order chi connectivity index (χ1) is 9.45. The number of nitrogens with one attached hydrogen (secondary N) is 1. The van der Waals surface area contributed by atoms with Crippen LogP contribution < -0.4 is 0 Å². The van der Waals surface area contributed by atoms with Crippen LogP contribution in [0.4, 0.5) is 0 Å². The molecule has 2 rings (SSSR count). The standard InChI is InChI=1S/C15H26N4O/c1-11(2)8-19-6-5-13(10-19)9-18(4)15(20)14-16-7-12(3)17-14/h7,11,13H,5-6,8-10H2,1-4H3,(H,16,17)/t13-/m0/s1. The van der Waals surface area contributed by atoms with Gasteiger partial charge in [0.25, 0.3) is 5.91 Å². The summed E-state index contributed by atoms with van der Waals surface area (Å²) in [7, 11) is 1.87. The van der Waals surface area contributed by atoms with E-state index in [1.54, 1.807) is 11.1 Å². The molecule has 0 aliphatic carbocycles.